The van der Waals surface area contributed by atoms with Crippen LogP contribution in [0.2, 0.25) is 0 Å². The van der Waals surface area contributed by atoms with Gasteiger partial charge in [-0.1, -0.05) is 0 Å². The Bertz CT molecular complexity index is 476. The van der Waals surface area contributed by atoms with Gasteiger partial charge in [-0.3, -0.25) is 4.98 Å². The van der Waals surface area contributed by atoms with Crippen molar-refractivity contribution >= 4 is 15.9 Å². The second-order valence-corrected chi connectivity index (χ2v) is 4.07. The maximum atomic E-state index is 12.8. The molecule has 1 aromatic heterocycles. The summed E-state index contributed by atoms with van der Waals surface area (Å²) in [6.07, 6.45) is 3.41. The van der Waals surface area contributed by atoms with Crippen LogP contribution in [0.5, 0.6) is 5.75 Å². The molecule has 0 aliphatic carbocycles. The van der Waals surface area contributed by atoms with Crippen molar-refractivity contribution in [3.8, 4) is 5.75 Å². The third-order valence-electron chi connectivity index (χ3n) is 2.04. The molecule has 0 aliphatic heterocycles. The topological polar surface area (TPSA) is 22.1 Å². The Kier molecular flexibility index (Phi) is 3.51. The van der Waals surface area contributed by atoms with Crippen LogP contribution in [0.25, 0.3) is 0 Å². The Morgan fingerprint density at radius 1 is 1.19 bits per heavy atom. The first-order valence-corrected chi connectivity index (χ1v) is 5.52. The Labute approximate surface area is 101 Å². The van der Waals surface area contributed by atoms with Crippen LogP contribution in [-0.2, 0) is 6.61 Å². The molecule has 0 N–H and O–H groups in total. The van der Waals surface area contributed by atoms with Crippen LogP contribution in [0.15, 0.2) is 47.2 Å². The lowest BCUT2D eigenvalue weighted by Crippen LogP contribution is -1.96. The van der Waals surface area contributed by atoms with Crippen LogP contribution in [0.3, 0.4) is 0 Å². The highest BCUT2D eigenvalue weighted by Gasteiger charge is 2.02. The van der Waals surface area contributed by atoms with Gasteiger partial charge >= 0.3 is 0 Å². The van der Waals surface area contributed by atoms with Crippen LogP contribution in [-0.4, -0.2) is 4.98 Å². The molecule has 2 aromatic rings. The monoisotopic (exact) mass is 281 g/mol. The Hall–Kier alpha value is -1.42. The third kappa shape index (κ3) is 2.79. The smallest absolute Gasteiger partial charge is 0.134 e. The minimum atomic E-state index is -0.289. The minimum Gasteiger partial charge on any atom is -0.488 e. The summed E-state index contributed by atoms with van der Waals surface area (Å²) in [5.74, 6) is 0.335. The van der Waals surface area contributed by atoms with Gasteiger partial charge in [0, 0.05) is 12.4 Å². The summed E-state index contributed by atoms with van der Waals surface area (Å²) in [5.41, 5.74) is 1.02. The first kappa shape index (κ1) is 11.1. The van der Waals surface area contributed by atoms with Crippen LogP contribution in [0, 0.1) is 5.82 Å². The van der Waals surface area contributed by atoms with Gasteiger partial charge in [0.1, 0.15) is 18.2 Å². The van der Waals surface area contributed by atoms with E-state index in [2.05, 4.69) is 20.9 Å². The van der Waals surface area contributed by atoms with Crippen molar-refractivity contribution in [1.82, 2.24) is 4.98 Å². The Morgan fingerprint density at radius 3 is 2.62 bits per heavy atom. The standard InChI is InChI=1S/C12H9BrFNO/c13-11-7-10(14)1-2-12(11)16-8-9-3-5-15-6-4-9/h1-7H,8H2. The number of rotatable bonds is 3. The number of aromatic nitrogens is 1. The van der Waals surface area contributed by atoms with Crippen molar-refractivity contribution in [3.05, 3.63) is 58.6 Å². The van der Waals surface area contributed by atoms with Gasteiger partial charge in [0.2, 0.25) is 0 Å². The van der Waals surface area contributed by atoms with Gasteiger partial charge in [0.15, 0.2) is 0 Å². The number of nitrogens with zero attached hydrogens (tertiary/aromatic N) is 1. The van der Waals surface area contributed by atoms with Crippen molar-refractivity contribution in [2.45, 2.75) is 6.61 Å². The highest BCUT2D eigenvalue weighted by atomic mass is 79.9. The van der Waals surface area contributed by atoms with E-state index in [1.54, 1.807) is 18.5 Å². The maximum absolute atomic E-state index is 12.8. The van der Waals surface area contributed by atoms with E-state index in [9.17, 15) is 4.39 Å². The quantitative estimate of drug-likeness (QED) is 0.858. The molecule has 2 rings (SSSR count). The number of benzene rings is 1. The van der Waals surface area contributed by atoms with Gasteiger partial charge in [-0.15, -0.1) is 0 Å². The zero-order valence-electron chi connectivity index (χ0n) is 8.36. The highest BCUT2D eigenvalue weighted by molar-refractivity contribution is 9.10. The summed E-state index contributed by atoms with van der Waals surface area (Å²) >= 11 is 3.24. The predicted molar refractivity (Wildman–Crippen MR) is 62.7 cm³/mol. The first-order valence-electron chi connectivity index (χ1n) is 4.72. The second kappa shape index (κ2) is 5.07. The zero-order valence-corrected chi connectivity index (χ0v) is 9.95. The van der Waals surface area contributed by atoms with Crippen molar-refractivity contribution < 1.29 is 9.13 Å². The van der Waals surface area contributed by atoms with E-state index >= 15 is 0 Å². The molecule has 0 saturated carbocycles. The van der Waals surface area contributed by atoms with Gasteiger partial charge in [-0.2, -0.15) is 0 Å². The maximum Gasteiger partial charge on any atom is 0.134 e. The van der Waals surface area contributed by atoms with E-state index < -0.39 is 0 Å². The third-order valence-corrected chi connectivity index (χ3v) is 2.66. The number of hydrogen-bond donors (Lipinski definition) is 0. The van der Waals surface area contributed by atoms with E-state index in [1.165, 1.54) is 12.1 Å². The fraction of sp³-hybridized carbons (Fsp3) is 0.0833. The van der Waals surface area contributed by atoms with Crippen molar-refractivity contribution in [3.63, 3.8) is 0 Å². The number of hydrogen-bond acceptors (Lipinski definition) is 2. The highest BCUT2D eigenvalue weighted by Crippen LogP contribution is 2.26. The van der Waals surface area contributed by atoms with E-state index in [1.807, 2.05) is 12.1 Å². The largest absolute Gasteiger partial charge is 0.488 e. The lowest BCUT2D eigenvalue weighted by molar-refractivity contribution is 0.303. The summed E-state index contributed by atoms with van der Waals surface area (Å²) in [6, 6.07) is 8.09. The predicted octanol–water partition coefficient (Wildman–Crippen LogP) is 3.56. The molecule has 0 fully saturated rings. The Balaban J connectivity index is 2.05. The molecule has 0 aliphatic rings. The fourth-order valence-electron chi connectivity index (χ4n) is 1.23. The number of pyridine rings is 1. The molecular formula is C12H9BrFNO. The van der Waals surface area contributed by atoms with Crippen molar-refractivity contribution in [2.24, 2.45) is 0 Å². The summed E-state index contributed by atoms with van der Waals surface area (Å²) < 4.78 is 19.0. The lowest BCUT2D eigenvalue weighted by Gasteiger charge is -2.07. The summed E-state index contributed by atoms with van der Waals surface area (Å²) in [6.45, 7) is 0.437. The lowest BCUT2D eigenvalue weighted by atomic mass is 10.3. The van der Waals surface area contributed by atoms with Gasteiger partial charge in [-0.05, 0) is 51.8 Å². The number of halogens is 2. The van der Waals surface area contributed by atoms with Gasteiger partial charge < -0.3 is 4.74 Å². The fourth-order valence-corrected chi connectivity index (χ4v) is 1.70. The van der Waals surface area contributed by atoms with Crippen molar-refractivity contribution in [2.75, 3.05) is 0 Å². The molecule has 1 aromatic carbocycles. The minimum absolute atomic E-state index is 0.289. The molecule has 2 nitrogen and oxygen atoms in total. The molecule has 4 heteroatoms. The van der Waals surface area contributed by atoms with Crippen LogP contribution >= 0.6 is 15.9 Å². The summed E-state index contributed by atoms with van der Waals surface area (Å²) in [4.78, 5) is 3.92. The van der Waals surface area contributed by atoms with Crippen LogP contribution < -0.4 is 4.74 Å². The van der Waals surface area contributed by atoms with E-state index in [4.69, 9.17) is 4.74 Å². The van der Waals surface area contributed by atoms with Crippen LogP contribution in [0.1, 0.15) is 5.56 Å². The van der Waals surface area contributed by atoms with Gasteiger partial charge in [0.05, 0.1) is 4.47 Å². The summed E-state index contributed by atoms with van der Waals surface area (Å²) in [5, 5.41) is 0. The molecule has 0 spiro atoms. The zero-order chi connectivity index (χ0) is 11.4. The van der Waals surface area contributed by atoms with E-state index in [0.717, 1.165) is 5.56 Å². The number of ether oxygens (including phenoxy) is 1. The molecule has 1 heterocycles. The molecule has 0 bridgehead atoms. The SMILES string of the molecule is Fc1ccc(OCc2ccncc2)c(Br)c1. The van der Waals surface area contributed by atoms with Crippen molar-refractivity contribution in [1.29, 1.82) is 0 Å². The molecule has 0 radical (unpaired) electrons. The molecule has 0 unspecified atom stereocenters. The van der Waals surface area contributed by atoms with Gasteiger partial charge in [-0.25, -0.2) is 4.39 Å². The molecule has 0 saturated heterocycles. The first-order chi connectivity index (χ1) is 7.75. The molecular weight excluding hydrogens is 273 g/mol. The van der Waals surface area contributed by atoms with Gasteiger partial charge in [0.25, 0.3) is 0 Å². The molecule has 0 amide bonds. The molecule has 82 valence electrons. The average molecular weight is 282 g/mol. The average Bonchev–Trinajstić information content (AvgIpc) is 2.29. The van der Waals surface area contributed by atoms with Crippen LogP contribution in [0.4, 0.5) is 4.39 Å². The second-order valence-electron chi connectivity index (χ2n) is 3.22. The summed E-state index contributed by atoms with van der Waals surface area (Å²) in [7, 11) is 0. The van der Waals surface area contributed by atoms with E-state index in [0.29, 0.717) is 16.8 Å². The molecule has 0 atom stereocenters. The normalized spacial score (nSPS) is 10.1. The van der Waals surface area contributed by atoms with E-state index in [-0.39, 0.29) is 5.82 Å². The molecule has 16 heavy (non-hydrogen) atoms. The Morgan fingerprint density at radius 2 is 1.94 bits per heavy atom.